The van der Waals surface area contributed by atoms with Crippen LogP contribution < -0.4 is 5.32 Å². The van der Waals surface area contributed by atoms with Crippen molar-refractivity contribution in [2.45, 2.75) is 6.54 Å². The van der Waals surface area contributed by atoms with E-state index in [1.54, 1.807) is 23.5 Å². The van der Waals surface area contributed by atoms with E-state index in [4.69, 9.17) is 0 Å². The molecule has 0 bridgehead atoms. The number of hydrogen-bond acceptors (Lipinski definition) is 4. The highest BCUT2D eigenvalue weighted by Crippen LogP contribution is 2.12. The molecule has 4 nitrogen and oxygen atoms in total. The summed E-state index contributed by atoms with van der Waals surface area (Å²) in [7, 11) is 0. The maximum atomic E-state index is 13.1. The molecule has 1 fully saturated rings. The second-order valence-corrected chi connectivity index (χ2v) is 6.52. The maximum Gasteiger partial charge on any atom is 0.238 e. The van der Waals surface area contributed by atoms with Crippen LogP contribution in [0.2, 0.25) is 0 Å². The Hall–Kier alpha value is -1.76. The summed E-state index contributed by atoms with van der Waals surface area (Å²) in [6, 6.07) is 8.14. The molecule has 2 aromatic rings. The summed E-state index contributed by atoms with van der Waals surface area (Å²) < 4.78 is 13.1. The zero-order chi connectivity index (χ0) is 16.1. The Morgan fingerprint density at radius 3 is 2.65 bits per heavy atom. The second kappa shape index (κ2) is 7.68. The zero-order valence-corrected chi connectivity index (χ0v) is 13.7. The molecule has 122 valence electrons. The number of piperazine rings is 1. The number of nitrogens with zero attached hydrogens (tertiary/aromatic N) is 2. The van der Waals surface area contributed by atoms with E-state index in [9.17, 15) is 9.18 Å². The first-order valence-electron chi connectivity index (χ1n) is 7.70. The van der Waals surface area contributed by atoms with Gasteiger partial charge in [0, 0.05) is 38.4 Å². The molecule has 0 spiro atoms. The van der Waals surface area contributed by atoms with E-state index in [1.807, 2.05) is 0 Å². The van der Waals surface area contributed by atoms with Crippen molar-refractivity contribution in [3.05, 3.63) is 52.5 Å². The fourth-order valence-corrected chi connectivity index (χ4v) is 3.38. The van der Waals surface area contributed by atoms with Crippen LogP contribution in [-0.2, 0) is 11.3 Å². The number of amides is 1. The lowest BCUT2D eigenvalue weighted by atomic mass is 10.2. The monoisotopic (exact) mass is 333 g/mol. The Kier molecular flexibility index (Phi) is 5.38. The molecular weight excluding hydrogens is 313 g/mol. The molecule has 0 saturated carbocycles. The van der Waals surface area contributed by atoms with Gasteiger partial charge in [0.25, 0.3) is 0 Å². The number of rotatable bonds is 5. The molecule has 2 heterocycles. The molecule has 1 aromatic carbocycles. The van der Waals surface area contributed by atoms with Crippen molar-refractivity contribution in [1.82, 2.24) is 9.80 Å². The average Bonchev–Trinajstić information content (AvgIpc) is 3.02. The van der Waals surface area contributed by atoms with Crippen molar-refractivity contribution in [3.8, 4) is 0 Å². The predicted octanol–water partition coefficient (Wildman–Crippen LogP) is 2.64. The SMILES string of the molecule is O=C(CN1CCN(Cc2ccsc2)CC1)Nc1cccc(F)c1. The number of anilines is 1. The fourth-order valence-electron chi connectivity index (χ4n) is 2.72. The third-order valence-electron chi connectivity index (χ3n) is 3.93. The third kappa shape index (κ3) is 4.86. The number of nitrogens with one attached hydrogen (secondary N) is 1. The van der Waals surface area contributed by atoms with E-state index in [0.29, 0.717) is 12.2 Å². The predicted molar refractivity (Wildman–Crippen MR) is 91.1 cm³/mol. The lowest BCUT2D eigenvalue weighted by Gasteiger charge is -2.34. The van der Waals surface area contributed by atoms with Gasteiger partial charge in [-0.3, -0.25) is 14.6 Å². The topological polar surface area (TPSA) is 35.6 Å². The van der Waals surface area contributed by atoms with Crippen LogP contribution in [0, 0.1) is 5.82 Å². The molecule has 0 atom stereocenters. The van der Waals surface area contributed by atoms with Gasteiger partial charge >= 0.3 is 0 Å². The van der Waals surface area contributed by atoms with Gasteiger partial charge in [-0.2, -0.15) is 11.3 Å². The maximum absolute atomic E-state index is 13.1. The summed E-state index contributed by atoms with van der Waals surface area (Å²) in [6.45, 7) is 5.00. The molecule has 1 amide bonds. The van der Waals surface area contributed by atoms with Gasteiger partial charge in [0.1, 0.15) is 5.82 Å². The zero-order valence-electron chi connectivity index (χ0n) is 12.9. The van der Waals surface area contributed by atoms with Crippen molar-refractivity contribution in [2.24, 2.45) is 0 Å². The quantitative estimate of drug-likeness (QED) is 0.914. The first-order valence-corrected chi connectivity index (χ1v) is 8.64. The summed E-state index contributed by atoms with van der Waals surface area (Å²) in [5, 5.41) is 7.02. The van der Waals surface area contributed by atoms with Gasteiger partial charge in [0.2, 0.25) is 5.91 Å². The molecule has 1 saturated heterocycles. The van der Waals surface area contributed by atoms with E-state index in [0.717, 1.165) is 32.7 Å². The van der Waals surface area contributed by atoms with Crippen LogP contribution >= 0.6 is 11.3 Å². The van der Waals surface area contributed by atoms with Crippen LogP contribution in [0.5, 0.6) is 0 Å². The van der Waals surface area contributed by atoms with Crippen molar-refractivity contribution in [1.29, 1.82) is 0 Å². The van der Waals surface area contributed by atoms with Crippen LogP contribution in [0.4, 0.5) is 10.1 Å². The largest absolute Gasteiger partial charge is 0.325 e. The van der Waals surface area contributed by atoms with Crippen LogP contribution in [0.25, 0.3) is 0 Å². The molecule has 1 aromatic heterocycles. The Morgan fingerprint density at radius 1 is 1.17 bits per heavy atom. The van der Waals surface area contributed by atoms with Gasteiger partial charge in [-0.05, 0) is 40.6 Å². The lowest BCUT2D eigenvalue weighted by Crippen LogP contribution is -2.48. The Morgan fingerprint density at radius 2 is 1.96 bits per heavy atom. The molecule has 23 heavy (non-hydrogen) atoms. The molecule has 3 rings (SSSR count). The normalized spacial score (nSPS) is 16.4. The number of carbonyl (C=O) groups excluding carboxylic acids is 1. The molecular formula is C17H20FN3OS. The van der Waals surface area contributed by atoms with E-state index in [-0.39, 0.29) is 11.7 Å². The molecule has 0 radical (unpaired) electrons. The number of carbonyl (C=O) groups is 1. The standard InChI is InChI=1S/C17H20FN3OS/c18-15-2-1-3-16(10-15)19-17(22)12-21-7-5-20(6-8-21)11-14-4-9-23-13-14/h1-4,9-10,13H,5-8,11-12H2,(H,19,22). The van der Waals surface area contributed by atoms with E-state index < -0.39 is 0 Å². The fraction of sp³-hybridized carbons (Fsp3) is 0.353. The molecule has 1 aliphatic rings. The number of benzene rings is 1. The molecule has 6 heteroatoms. The van der Waals surface area contributed by atoms with Gasteiger partial charge < -0.3 is 5.32 Å². The molecule has 0 aliphatic carbocycles. The smallest absolute Gasteiger partial charge is 0.238 e. The lowest BCUT2D eigenvalue weighted by molar-refractivity contribution is -0.117. The van der Waals surface area contributed by atoms with Crippen molar-refractivity contribution in [2.75, 3.05) is 38.0 Å². The third-order valence-corrected chi connectivity index (χ3v) is 4.66. The minimum Gasteiger partial charge on any atom is -0.325 e. The van der Waals surface area contributed by atoms with Gasteiger partial charge in [0.05, 0.1) is 6.54 Å². The highest BCUT2D eigenvalue weighted by Gasteiger charge is 2.19. The van der Waals surface area contributed by atoms with Gasteiger partial charge in [-0.1, -0.05) is 6.07 Å². The van der Waals surface area contributed by atoms with Crippen LogP contribution in [0.1, 0.15) is 5.56 Å². The molecule has 0 unspecified atom stereocenters. The number of halogens is 1. The average molecular weight is 333 g/mol. The number of thiophene rings is 1. The number of hydrogen-bond donors (Lipinski definition) is 1. The first-order chi connectivity index (χ1) is 11.2. The highest BCUT2D eigenvalue weighted by molar-refractivity contribution is 7.07. The van der Waals surface area contributed by atoms with Crippen LogP contribution in [-0.4, -0.2) is 48.4 Å². The van der Waals surface area contributed by atoms with Gasteiger partial charge in [0.15, 0.2) is 0 Å². The van der Waals surface area contributed by atoms with Crippen LogP contribution in [0.3, 0.4) is 0 Å². The van der Waals surface area contributed by atoms with Crippen molar-refractivity contribution in [3.63, 3.8) is 0 Å². The van der Waals surface area contributed by atoms with Crippen molar-refractivity contribution >= 4 is 22.9 Å². The Labute approximate surface area is 139 Å². The minimum atomic E-state index is -0.343. The second-order valence-electron chi connectivity index (χ2n) is 5.74. The van der Waals surface area contributed by atoms with Gasteiger partial charge in [-0.25, -0.2) is 4.39 Å². The summed E-state index contributed by atoms with van der Waals surface area (Å²) in [6.07, 6.45) is 0. The van der Waals surface area contributed by atoms with E-state index >= 15 is 0 Å². The van der Waals surface area contributed by atoms with E-state index in [2.05, 4.69) is 31.9 Å². The minimum absolute atomic E-state index is 0.0955. The molecule has 1 N–H and O–H groups in total. The Bertz CT molecular complexity index is 639. The van der Waals surface area contributed by atoms with Crippen molar-refractivity contribution < 1.29 is 9.18 Å². The first kappa shape index (κ1) is 16.1. The highest BCUT2D eigenvalue weighted by atomic mass is 32.1. The Balaban J connectivity index is 1.42. The van der Waals surface area contributed by atoms with E-state index in [1.165, 1.54) is 17.7 Å². The summed E-state index contributed by atoms with van der Waals surface area (Å²) in [4.78, 5) is 16.6. The summed E-state index contributed by atoms with van der Waals surface area (Å²) >= 11 is 1.72. The summed E-state index contributed by atoms with van der Waals surface area (Å²) in [5.41, 5.74) is 1.86. The summed E-state index contributed by atoms with van der Waals surface area (Å²) in [5.74, 6) is -0.438. The molecule has 1 aliphatic heterocycles. The van der Waals surface area contributed by atoms with Gasteiger partial charge in [-0.15, -0.1) is 0 Å². The van der Waals surface area contributed by atoms with Crippen LogP contribution in [0.15, 0.2) is 41.1 Å².